The van der Waals surface area contributed by atoms with Gasteiger partial charge in [0, 0.05) is 37.8 Å². The summed E-state index contributed by atoms with van der Waals surface area (Å²) in [6, 6.07) is 11.1. The summed E-state index contributed by atoms with van der Waals surface area (Å²) in [4.78, 5) is 11.4. The third-order valence-electron chi connectivity index (χ3n) is 5.04. The van der Waals surface area contributed by atoms with Crippen LogP contribution in [0.2, 0.25) is 0 Å². The fourth-order valence-corrected chi connectivity index (χ4v) is 3.66. The van der Waals surface area contributed by atoms with Crippen molar-refractivity contribution in [3.63, 3.8) is 0 Å². The Morgan fingerprint density at radius 2 is 2.12 bits per heavy atom. The zero-order chi connectivity index (χ0) is 17.5. The molecule has 1 aliphatic rings. The average Bonchev–Trinajstić information content (AvgIpc) is 3.12. The predicted octanol–water partition coefficient (Wildman–Crippen LogP) is 3.04. The van der Waals surface area contributed by atoms with E-state index in [1.165, 1.54) is 30.3 Å². The van der Waals surface area contributed by atoms with Gasteiger partial charge in [-0.3, -0.25) is 14.9 Å². The van der Waals surface area contributed by atoms with Gasteiger partial charge in [-0.15, -0.1) is 24.0 Å². The molecule has 0 bridgehead atoms. The molecule has 3 rings (SSSR count). The van der Waals surface area contributed by atoms with Crippen LogP contribution in [0.3, 0.4) is 0 Å². The first-order valence-electron chi connectivity index (χ1n) is 9.33. The van der Waals surface area contributed by atoms with Crippen LogP contribution in [0.25, 0.3) is 10.9 Å². The highest BCUT2D eigenvalue weighted by Gasteiger charge is 2.22. The minimum atomic E-state index is 0. The van der Waals surface area contributed by atoms with Gasteiger partial charge in [0.1, 0.15) is 0 Å². The van der Waals surface area contributed by atoms with E-state index >= 15 is 0 Å². The zero-order valence-corrected chi connectivity index (χ0v) is 18.1. The van der Waals surface area contributed by atoms with Crippen LogP contribution in [-0.2, 0) is 6.42 Å². The lowest BCUT2D eigenvalue weighted by atomic mass is 10.1. The number of aliphatic imine (C=N–C) groups is 1. The lowest BCUT2D eigenvalue weighted by Gasteiger charge is -2.24. The van der Waals surface area contributed by atoms with Gasteiger partial charge in [-0.2, -0.15) is 0 Å². The minimum Gasteiger partial charge on any atom is -0.356 e. The molecule has 0 spiro atoms. The number of halogens is 1. The molecule has 1 atom stereocenters. The second kappa shape index (κ2) is 10.7. The normalized spacial score (nSPS) is 17.9. The molecule has 6 heteroatoms. The smallest absolute Gasteiger partial charge is 0.191 e. The van der Waals surface area contributed by atoms with Crippen molar-refractivity contribution >= 4 is 40.8 Å². The Labute approximate surface area is 173 Å². The number of nitrogens with zero attached hydrogens (tertiary/aromatic N) is 3. The maximum absolute atomic E-state index is 4.53. The maximum atomic E-state index is 4.53. The standard InChI is InChI=1S/C20H29N5.HI/c1-3-25-14-6-10-18(25)15-24-20(21-2)23-13-11-17-8-4-7-16-9-5-12-22-19(16)17;/h4-5,7-9,12,18H,3,6,10-11,13-15H2,1-2H3,(H2,21,23,24);1H. The third-order valence-corrected chi connectivity index (χ3v) is 5.04. The summed E-state index contributed by atoms with van der Waals surface area (Å²) in [6.45, 7) is 6.40. The number of hydrogen-bond donors (Lipinski definition) is 2. The topological polar surface area (TPSA) is 52.5 Å². The highest BCUT2D eigenvalue weighted by Crippen LogP contribution is 2.16. The summed E-state index contributed by atoms with van der Waals surface area (Å²) in [5.74, 6) is 0.885. The van der Waals surface area contributed by atoms with E-state index in [0.29, 0.717) is 6.04 Å². The van der Waals surface area contributed by atoms with Gasteiger partial charge in [-0.05, 0) is 44.0 Å². The molecule has 0 radical (unpaired) electrons. The molecule has 142 valence electrons. The molecule has 1 saturated heterocycles. The summed E-state index contributed by atoms with van der Waals surface area (Å²) in [6.07, 6.45) is 5.38. The Balaban J connectivity index is 0.00000243. The van der Waals surface area contributed by atoms with E-state index in [4.69, 9.17) is 0 Å². The van der Waals surface area contributed by atoms with Crippen LogP contribution in [0.5, 0.6) is 0 Å². The summed E-state index contributed by atoms with van der Waals surface area (Å²) < 4.78 is 0. The highest BCUT2D eigenvalue weighted by atomic mass is 127. The number of aromatic nitrogens is 1. The fraction of sp³-hybridized carbons (Fsp3) is 0.500. The monoisotopic (exact) mass is 467 g/mol. The minimum absolute atomic E-state index is 0. The van der Waals surface area contributed by atoms with Gasteiger partial charge in [-0.1, -0.05) is 31.2 Å². The molecule has 0 aliphatic carbocycles. The molecular weight excluding hydrogens is 437 g/mol. The summed E-state index contributed by atoms with van der Waals surface area (Å²) >= 11 is 0. The van der Waals surface area contributed by atoms with E-state index in [0.717, 1.165) is 37.5 Å². The predicted molar refractivity (Wildman–Crippen MR) is 120 cm³/mol. The largest absolute Gasteiger partial charge is 0.356 e. The Morgan fingerprint density at radius 1 is 1.27 bits per heavy atom. The molecule has 1 aromatic carbocycles. The molecule has 1 aromatic heterocycles. The molecule has 2 aromatic rings. The second-order valence-electron chi connectivity index (χ2n) is 6.55. The Morgan fingerprint density at radius 3 is 2.92 bits per heavy atom. The highest BCUT2D eigenvalue weighted by molar-refractivity contribution is 14.0. The van der Waals surface area contributed by atoms with Gasteiger partial charge < -0.3 is 10.6 Å². The van der Waals surface area contributed by atoms with E-state index in [2.05, 4.69) is 56.7 Å². The van der Waals surface area contributed by atoms with Crippen LogP contribution in [0, 0.1) is 0 Å². The molecule has 0 amide bonds. The number of pyridine rings is 1. The average molecular weight is 467 g/mol. The molecule has 2 N–H and O–H groups in total. The lowest BCUT2D eigenvalue weighted by molar-refractivity contribution is 0.267. The van der Waals surface area contributed by atoms with Gasteiger partial charge in [0.2, 0.25) is 0 Å². The van der Waals surface area contributed by atoms with Crippen LogP contribution >= 0.6 is 24.0 Å². The van der Waals surface area contributed by atoms with Crippen LogP contribution < -0.4 is 10.6 Å². The number of nitrogens with one attached hydrogen (secondary N) is 2. The van der Waals surface area contributed by atoms with Crippen molar-refractivity contribution < 1.29 is 0 Å². The molecule has 26 heavy (non-hydrogen) atoms. The molecular formula is C20H30IN5. The van der Waals surface area contributed by atoms with Gasteiger partial charge in [-0.25, -0.2) is 0 Å². The molecule has 1 unspecified atom stereocenters. The SMILES string of the molecule is CCN1CCCC1CNC(=NC)NCCc1cccc2cccnc12.I. The Hall–Kier alpha value is -1.41. The van der Waals surface area contributed by atoms with Crippen molar-refractivity contribution in [2.45, 2.75) is 32.2 Å². The van der Waals surface area contributed by atoms with Gasteiger partial charge in [0.15, 0.2) is 5.96 Å². The van der Waals surface area contributed by atoms with Gasteiger partial charge in [0.05, 0.1) is 5.52 Å². The molecule has 2 heterocycles. The number of likely N-dealkylation sites (N-methyl/N-ethyl adjacent to an activating group) is 1. The van der Waals surface area contributed by atoms with Crippen LogP contribution in [0.4, 0.5) is 0 Å². The number of hydrogen-bond acceptors (Lipinski definition) is 3. The second-order valence-corrected chi connectivity index (χ2v) is 6.55. The number of para-hydroxylation sites is 1. The van der Waals surface area contributed by atoms with Crippen molar-refractivity contribution in [1.82, 2.24) is 20.5 Å². The van der Waals surface area contributed by atoms with Gasteiger partial charge >= 0.3 is 0 Å². The number of benzene rings is 1. The molecule has 1 fully saturated rings. The lowest BCUT2D eigenvalue weighted by Crippen LogP contribution is -2.45. The number of likely N-dealkylation sites (tertiary alicyclic amines) is 1. The van der Waals surface area contributed by atoms with E-state index in [-0.39, 0.29) is 24.0 Å². The van der Waals surface area contributed by atoms with Crippen LogP contribution in [-0.4, -0.2) is 55.1 Å². The summed E-state index contributed by atoms with van der Waals surface area (Å²) in [5.41, 5.74) is 2.37. The molecule has 0 saturated carbocycles. The number of rotatable bonds is 6. The van der Waals surface area contributed by atoms with E-state index in [1.807, 2.05) is 19.3 Å². The first-order chi connectivity index (χ1) is 12.3. The number of guanidine groups is 1. The van der Waals surface area contributed by atoms with Crippen LogP contribution in [0.1, 0.15) is 25.3 Å². The van der Waals surface area contributed by atoms with E-state index < -0.39 is 0 Å². The molecule has 1 aliphatic heterocycles. The van der Waals surface area contributed by atoms with Crippen molar-refractivity contribution in [2.75, 3.05) is 33.2 Å². The van der Waals surface area contributed by atoms with Crippen molar-refractivity contribution in [3.05, 3.63) is 42.1 Å². The van der Waals surface area contributed by atoms with Gasteiger partial charge in [0.25, 0.3) is 0 Å². The Bertz CT molecular complexity index is 713. The molecule has 5 nitrogen and oxygen atoms in total. The third kappa shape index (κ3) is 5.30. The van der Waals surface area contributed by atoms with Crippen LogP contribution in [0.15, 0.2) is 41.5 Å². The Kier molecular flexibility index (Phi) is 8.58. The fourth-order valence-electron chi connectivity index (χ4n) is 3.66. The van der Waals surface area contributed by atoms with Crippen molar-refractivity contribution in [3.8, 4) is 0 Å². The quantitative estimate of drug-likeness (QED) is 0.390. The number of fused-ring (bicyclic) bond motifs is 1. The first kappa shape index (κ1) is 20.9. The van der Waals surface area contributed by atoms with Crippen molar-refractivity contribution in [1.29, 1.82) is 0 Å². The van der Waals surface area contributed by atoms with E-state index in [9.17, 15) is 0 Å². The maximum Gasteiger partial charge on any atom is 0.191 e. The summed E-state index contributed by atoms with van der Waals surface area (Å²) in [7, 11) is 1.83. The summed E-state index contributed by atoms with van der Waals surface area (Å²) in [5, 5.41) is 8.11. The zero-order valence-electron chi connectivity index (χ0n) is 15.7. The van der Waals surface area contributed by atoms with E-state index in [1.54, 1.807) is 0 Å². The van der Waals surface area contributed by atoms with Crippen molar-refractivity contribution in [2.24, 2.45) is 4.99 Å². The first-order valence-corrected chi connectivity index (χ1v) is 9.33.